The fourth-order valence-corrected chi connectivity index (χ4v) is 4.19. The molecule has 1 atom stereocenters. The number of likely N-dealkylation sites (tertiary alicyclic amines) is 1. The van der Waals surface area contributed by atoms with Crippen LogP contribution in [0, 0.1) is 5.82 Å². The van der Waals surface area contributed by atoms with Crippen molar-refractivity contribution in [1.29, 1.82) is 0 Å². The van der Waals surface area contributed by atoms with Crippen LogP contribution in [-0.2, 0) is 11.3 Å². The summed E-state index contributed by atoms with van der Waals surface area (Å²) in [5.74, 6) is -0.286. The zero-order valence-corrected chi connectivity index (χ0v) is 14.7. The molecule has 5 heteroatoms. The molecule has 2 saturated heterocycles. The third-order valence-electron chi connectivity index (χ3n) is 5.58. The van der Waals surface area contributed by atoms with Gasteiger partial charge in [-0.1, -0.05) is 42.5 Å². The molecule has 1 N–H and O–H groups in total. The summed E-state index contributed by atoms with van der Waals surface area (Å²) in [6, 6.07) is 17.0. The zero-order valence-electron chi connectivity index (χ0n) is 14.7. The van der Waals surface area contributed by atoms with Crippen LogP contribution in [-0.4, -0.2) is 36.2 Å². The Kier molecular flexibility index (Phi) is 4.64. The molecule has 0 saturated carbocycles. The lowest BCUT2D eigenvalue weighted by Crippen LogP contribution is -2.57. The number of carbonyl (C=O) groups excluding carboxylic acids is 1. The Labute approximate surface area is 153 Å². The van der Waals surface area contributed by atoms with E-state index in [0.29, 0.717) is 6.54 Å². The van der Waals surface area contributed by atoms with Gasteiger partial charge in [-0.3, -0.25) is 4.90 Å². The van der Waals surface area contributed by atoms with Gasteiger partial charge in [-0.25, -0.2) is 9.18 Å². The van der Waals surface area contributed by atoms with E-state index < -0.39 is 5.60 Å². The van der Waals surface area contributed by atoms with Gasteiger partial charge in [-0.05, 0) is 23.3 Å². The maximum absolute atomic E-state index is 13.7. The first-order chi connectivity index (χ1) is 12.6. The van der Waals surface area contributed by atoms with Crippen molar-refractivity contribution in [3.63, 3.8) is 0 Å². The second kappa shape index (κ2) is 7.08. The molecule has 0 bridgehead atoms. The van der Waals surface area contributed by atoms with Crippen molar-refractivity contribution in [1.82, 2.24) is 10.2 Å². The lowest BCUT2D eigenvalue weighted by molar-refractivity contribution is -0.0702. The van der Waals surface area contributed by atoms with E-state index in [1.807, 2.05) is 12.1 Å². The lowest BCUT2D eigenvalue weighted by atomic mass is 9.74. The van der Waals surface area contributed by atoms with E-state index in [1.165, 1.54) is 11.6 Å². The average molecular weight is 354 g/mol. The molecule has 1 amide bonds. The van der Waals surface area contributed by atoms with Gasteiger partial charge in [-0.15, -0.1) is 0 Å². The summed E-state index contributed by atoms with van der Waals surface area (Å²) in [6.07, 6.45) is 1.15. The number of halogens is 1. The molecular formula is C21H23FN2O2. The number of hydrogen-bond acceptors (Lipinski definition) is 3. The van der Waals surface area contributed by atoms with E-state index in [2.05, 4.69) is 34.5 Å². The van der Waals surface area contributed by atoms with Gasteiger partial charge in [0.25, 0.3) is 0 Å². The van der Waals surface area contributed by atoms with Crippen molar-refractivity contribution in [2.24, 2.45) is 0 Å². The van der Waals surface area contributed by atoms with E-state index in [1.54, 1.807) is 12.1 Å². The molecule has 1 unspecified atom stereocenters. The van der Waals surface area contributed by atoms with E-state index in [9.17, 15) is 9.18 Å². The van der Waals surface area contributed by atoms with Crippen molar-refractivity contribution in [2.75, 3.05) is 19.6 Å². The summed E-state index contributed by atoms with van der Waals surface area (Å²) in [7, 11) is 0. The summed E-state index contributed by atoms with van der Waals surface area (Å²) < 4.78 is 19.5. The molecule has 1 spiro atoms. The number of carbonyl (C=O) groups is 1. The van der Waals surface area contributed by atoms with Crippen LogP contribution in [0.25, 0.3) is 0 Å². The van der Waals surface area contributed by atoms with Crippen LogP contribution in [0.4, 0.5) is 9.18 Å². The minimum Gasteiger partial charge on any atom is -0.442 e. The second-order valence-corrected chi connectivity index (χ2v) is 7.20. The molecule has 0 aliphatic carbocycles. The molecule has 2 fully saturated rings. The fourth-order valence-electron chi connectivity index (χ4n) is 4.19. The molecule has 26 heavy (non-hydrogen) atoms. The molecule has 2 heterocycles. The molecule has 2 aromatic carbocycles. The topological polar surface area (TPSA) is 41.6 Å². The van der Waals surface area contributed by atoms with Crippen LogP contribution in [0.2, 0.25) is 0 Å². The highest BCUT2D eigenvalue weighted by molar-refractivity contribution is 5.69. The lowest BCUT2D eigenvalue weighted by Gasteiger charge is -2.48. The molecule has 0 aromatic heterocycles. The summed E-state index contributed by atoms with van der Waals surface area (Å²) >= 11 is 0. The Bertz CT molecular complexity index is 773. The zero-order chi connectivity index (χ0) is 18.0. The van der Waals surface area contributed by atoms with Gasteiger partial charge in [0.05, 0.1) is 0 Å². The summed E-state index contributed by atoms with van der Waals surface area (Å²) in [5, 5.41) is 2.78. The van der Waals surface area contributed by atoms with Gasteiger partial charge in [0.2, 0.25) is 0 Å². The van der Waals surface area contributed by atoms with Crippen molar-refractivity contribution in [2.45, 2.75) is 30.9 Å². The standard InChI is InChI=1S/C21H23FN2O2/c22-18-8-4-7-17(13-18)19-14-23-20(25)26-21(19)9-11-24(12-10-21)15-16-5-2-1-3-6-16/h1-8,13,19H,9-12,14-15H2,(H,23,25). The van der Waals surface area contributed by atoms with Crippen LogP contribution < -0.4 is 5.32 Å². The van der Waals surface area contributed by atoms with E-state index >= 15 is 0 Å². The van der Waals surface area contributed by atoms with Gasteiger partial charge < -0.3 is 10.1 Å². The Morgan fingerprint density at radius 2 is 1.88 bits per heavy atom. The molecule has 2 aliphatic heterocycles. The van der Waals surface area contributed by atoms with Crippen molar-refractivity contribution < 1.29 is 13.9 Å². The van der Waals surface area contributed by atoms with Crippen LogP contribution in [0.5, 0.6) is 0 Å². The second-order valence-electron chi connectivity index (χ2n) is 7.20. The predicted molar refractivity (Wildman–Crippen MR) is 97.3 cm³/mol. The Morgan fingerprint density at radius 1 is 1.12 bits per heavy atom. The number of nitrogens with one attached hydrogen (secondary N) is 1. The molecule has 0 radical (unpaired) electrons. The first kappa shape index (κ1) is 17.0. The van der Waals surface area contributed by atoms with Gasteiger partial charge in [-0.2, -0.15) is 0 Å². The van der Waals surface area contributed by atoms with Gasteiger partial charge in [0, 0.05) is 44.9 Å². The first-order valence-electron chi connectivity index (χ1n) is 9.13. The van der Waals surface area contributed by atoms with Crippen molar-refractivity contribution >= 4 is 6.09 Å². The van der Waals surface area contributed by atoms with Crippen LogP contribution in [0.3, 0.4) is 0 Å². The number of nitrogens with zero attached hydrogens (tertiary/aromatic N) is 1. The van der Waals surface area contributed by atoms with Crippen molar-refractivity contribution in [3.05, 3.63) is 71.5 Å². The quantitative estimate of drug-likeness (QED) is 0.914. The Balaban J connectivity index is 1.51. The number of amides is 1. The monoisotopic (exact) mass is 354 g/mol. The molecule has 2 aromatic rings. The Hall–Kier alpha value is -2.40. The van der Waals surface area contributed by atoms with Gasteiger partial charge in [0.15, 0.2) is 0 Å². The minimum absolute atomic E-state index is 0.0326. The maximum atomic E-state index is 13.7. The summed E-state index contributed by atoms with van der Waals surface area (Å²) in [4.78, 5) is 14.3. The fraction of sp³-hybridized carbons (Fsp3) is 0.381. The minimum atomic E-state index is -0.552. The molecular weight excluding hydrogens is 331 g/mol. The maximum Gasteiger partial charge on any atom is 0.407 e. The predicted octanol–water partition coefficient (Wildman–Crippen LogP) is 3.68. The molecule has 2 aliphatic rings. The summed E-state index contributed by atoms with van der Waals surface area (Å²) in [6.45, 7) is 3.09. The van der Waals surface area contributed by atoms with Crippen LogP contribution in [0.1, 0.15) is 29.9 Å². The van der Waals surface area contributed by atoms with Crippen molar-refractivity contribution in [3.8, 4) is 0 Å². The molecule has 136 valence electrons. The molecule has 4 rings (SSSR count). The Morgan fingerprint density at radius 3 is 2.62 bits per heavy atom. The van der Waals surface area contributed by atoms with Gasteiger partial charge in [0.1, 0.15) is 11.4 Å². The number of ether oxygens (including phenoxy) is 1. The number of alkyl carbamates (subject to hydrolysis) is 1. The highest BCUT2D eigenvalue weighted by atomic mass is 19.1. The van der Waals surface area contributed by atoms with Crippen LogP contribution >= 0.6 is 0 Å². The smallest absolute Gasteiger partial charge is 0.407 e. The number of benzene rings is 2. The van der Waals surface area contributed by atoms with E-state index in [4.69, 9.17) is 4.74 Å². The average Bonchev–Trinajstić information content (AvgIpc) is 2.65. The SMILES string of the molecule is O=C1NCC(c2cccc(F)c2)C2(CCN(Cc3ccccc3)CC2)O1. The largest absolute Gasteiger partial charge is 0.442 e. The number of rotatable bonds is 3. The molecule has 4 nitrogen and oxygen atoms in total. The highest BCUT2D eigenvalue weighted by Gasteiger charge is 2.48. The highest BCUT2D eigenvalue weighted by Crippen LogP contribution is 2.42. The third kappa shape index (κ3) is 3.44. The van der Waals surface area contributed by atoms with Crippen LogP contribution in [0.15, 0.2) is 54.6 Å². The third-order valence-corrected chi connectivity index (χ3v) is 5.58. The van der Waals surface area contributed by atoms with Gasteiger partial charge >= 0.3 is 6.09 Å². The number of piperidine rings is 1. The van der Waals surface area contributed by atoms with E-state index in [0.717, 1.165) is 38.0 Å². The number of hydrogen-bond donors (Lipinski definition) is 1. The first-order valence-corrected chi connectivity index (χ1v) is 9.13. The van der Waals surface area contributed by atoms with E-state index in [-0.39, 0.29) is 17.8 Å². The normalized spacial score (nSPS) is 22.7. The summed E-state index contributed by atoms with van der Waals surface area (Å²) in [5.41, 5.74) is 1.62.